The molecule has 0 spiro atoms. The Labute approximate surface area is 104 Å². The lowest BCUT2D eigenvalue weighted by atomic mass is 10.3. The smallest absolute Gasteiger partial charge is 0.345 e. The van der Waals surface area contributed by atoms with Crippen LogP contribution >= 0.6 is 0 Å². The standard InChI is InChI=1S/C7H13F2NO.C3H8O.C2H6/c1-2-10-4-3-6(5-10)11-7(8)9;1-3-4-2;1-2/h6-7H,2-5H2,1H3;3H2,1-2H3;1-2H3/t6-;;/m0../s1. The van der Waals surface area contributed by atoms with Crippen molar-refractivity contribution in [2.45, 2.75) is 46.8 Å². The molecular weight excluding hydrogens is 228 g/mol. The molecule has 0 N–H and O–H groups in total. The molecule has 0 saturated carbocycles. The van der Waals surface area contributed by atoms with Crippen LogP contribution in [0.5, 0.6) is 0 Å². The first kappa shape index (κ1) is 19.1. The fourth-order valence-corrected chi connectivity index (χ4v) is 1.34. The second-order valence-corrected chi connectivity index (χ2v) is 3.28. The fourth-order valence-electron chi connectivity index (χ4n) is 1.34. The Morgan fingerprint density at radius 1 is 1.29 bits per heavy atom. The van der Waals surface area contributed by atoms with Crippen molar-refractivity contribution in [1.82, 2.24) is 4.90 Å². The third kappa shape index (κ3) is 12.0. The average molecular weight is 255 g/mol. The summed E-state index contributed by atoms with van der Waals surface area (Å²) in [4.78, 5) is 2.10. The van der Waals surface area contributed by atoms with Gasteiger partial charge in [-0.1, -0.05) is 20.8 Å². The second kappa shape index (κ2) is 13.8. The summed E-state index contributed by atoms with van der Waals surface area (Å²) in [6, 6.07) is 0. The first-order chi connectivity index (χ1) is 8.13. The van der Waals surface area contributed by atoms with Crippen LogP contribution in [0, 0.1) is 0 Å². The predicted octanol–water partition coefficient (Wildman–Crippen LogP) is 3.00. The van der Waals surface area contributed by atoms with Gasteiger partial charge in [0.15, 0.2) is 0 Å². The number of methoxy groups -OCH3 is 1. The van der Waals surface area contributed by atoms with Gasteiger partial charge in [0.25, 0.3) is 0 Å². The van der Waals surface area contributed by atoms with Crippen molar-refractivity contribution in [3.8, 4) is 0 Å². The molecular formula is C12H27F2NO2. The van der Waals surface area contributed by atoms with Crippen LogP contribution in [0.4, 0.5) is 8.78 Å². The zero-order chi connectivity index (χ0) is 13.7. The predicted molar refractivity (Wildman–Crippen MR) is 66.5 cm³/mol. The van der Waals surface area contributed by atoms with Crippen molar-refractivity contribution >= 4 is 0 Å². The summed E-state index contributed by atoms with van der Waals surface area (Å²) in [5.41, 5.74) is 0. The van der Waals surface area contributed by atoms with Crippen LogP contribution in [0.2, 0.25) is 0 Å². The largest absolute Gasteiger partial charge is 0.385 e. The third-order valence-corrected chi connectivity index (χ3v) is 2.26. The molecule has 1 rings (SSSR count). The molecule has 1 aliphatic heterocycles. The molecule has 0 aromatic heterocycles. The molecule has 1 atom stereocenters. The Kier molecular flexibility index (Phi) is 15.5. The summed E-state index contributed by atoms with van der Waals surface area (Å²) in [5.74, 6) is 0. The summed E-state index contributed by atoms with van der Waals surface area (Å²) < 4.78 is 32.3. The maximum Gasteiger partial charge on any atom is 0.345 e. The number of likely N-dealkylation sites (tertiary alicyclic amines) is 1. The molecule has 17 heavy (non-hydrogen) atoms. The van der Waals surface area contributed by atoms with Crippen molar-refractivity contribution in [3.05, 3.63) is 0 Å². The summed E-state index contributed by atoms with van der Waals surface area (Å²) in [6.45, 7) is 8.64. The van der Waals surface area contributed by atoms with E-state index in [4.69, 9.17) is 0 Å². The lowest BCUT2D eigenvalue weighted by Crippen LogP contribution is -2.24. The first-order valence-corrected chi connectivity index (χ1v) is 6.28. The Morgan fingerprint density at radius 3 is 2.12 bits per heavy atom. The van der Waals surface area contributed by atoms with Gasteiger partial charge in [0.2, 0.25) is 0 Å². The van der Waals surface area contributed by atoms with E-state index in [0.29, 0.717) is 6.54 Å². The summed E-state index contributed by atoms with van der Waals surface area (Å²) in [7, 11) is 1.68. The molecule has 0 unspecified atom stereocenters. The number of likely N-dealkylation sites (N-methyl/N-ethyl adjacent to an activating group) is 1. The van der Waals surface area contributed by atoms with E-state index < -0.39 is 6.61 Å². The summed E-state index contributed by atoms with van der Waals surface area (Å²) >= 11 is 0. The maximum atomic E-state index is 11.7. The SMILES string of the molecule is CC.CCN1CC[C@H](OC(F)F)C1.CCOC. The Morgan fingerprint density at radius 2 is 1.82 bits per heavy atom. The monoisotopic (exact) mass is 255 g/mol. The molecule has 0 aliphatic carbocycles. The lowest BCUT2D eigenvalue weighted by Gasteiger charge is -2.12. The van der Waals surface area contributed by atoms with Crippen molar-refractivity contribution < 1.29 is 18.3 Å². The van der Waals surface area contributed by atoms with Crippen molar-refractivity contribution in [3.63, 3.8) is 0 Å². The Hall–Kier alpha value is -0.260. The highest BCUT2D eigenvalue weighted by atomic mass is 19.3. The normalized spacial score (nSPS) is 19.4. The molecule has 1 heterocycles. The van der Waals surface area contributed by atoms with Crippen molar-refractivity contribution in [2.75, 3.05) is 33.4 Å². The average Bonchev–Trinajstić information content (AvgIpc) is 2.79. The maximum absolute atomic E-state index is 11.7. The number of halogens is 2. The topological polar surface area (TPSA) is 21.7 Å². The molecule has 0 bridgehead atoms. The van der Waals surface area contributed by atoms with Crippen LogP contribution in [0.1, 0.15) is 34.1 Å². The molecule has 0 amide bonds. The van der Waals surface area contributed by atoms with Crippen molar-refractivity contribution in [1.29, 1.82) is 0 Å². The highest BCUT2D eigenvalue weighted by Crippen LogP contribution is 2.14. The van der Waals surface area contributed by atoms with Gasteiger partial charge in [0.05, 0.1) is 6.10 Å². The van der Waals surface area contributed by atoms with Gasteiger partial charge in [-0.2, -0.15) is 8.78 Å². The van der Waals surface area contributed by atoms with E-state index in [0.717, 1.165) is 26.1 Å². The van der Waals surface area contributed by atoms with Gasteiger partial charge in [-0.05, 0) is 19.9 Å². The van der Waals surface area contributed by atoms with Crippen LogP contribution in [-0.2, 0) is 9.47 Å². The molecule has 0 radical (unpaired) electrons. The quantitative estimate of drug-likeness (QED) is 0.771. The van der Waals surface area contributed by atoms with Gasteiger partial charge < -0.3 is 14.4 Å². The van der Waals surface area contributed by atoms with Gasteiger partial charge in [-0.15, -0.1) is 0 Å². The Bertz CT molecular complexity index is 146. The summed E-state index contributed by atoms with van der Waals surface area (Å²) in [5, 5.41) is 0. The van der Waals surface area contributed by atoms with Gasteiger partial charge in [-0.3, -0.25) is 0 Å². The number of ether oxygens (including phenoxy) is 2. The van der Waals surface area contributed by atoms with Gasteiger partial charge in [-0.25, -0.2) is 0 Å². The zero-order valence-electron chi connectivity index (χ0n) is 11.7. The zero-order valence-corrected chi connectivity index (χ0v) is 11.7. The number of rotatable bonds is 4. The van der Waals surface area contributed by atoms with E-state index in [9.17, 15) is 8.78 Å². The highest BCUT2D eigenvalue weighted by Gasteiger charge is 2.24. The molecule has 1 fully saturated rings. The van der Waals surface area contributed by atoms with Crippen LogP contribution in [0.25, 0.3) is 0 Å². The number of hydrogen-bond acceptors (Lipinski definition) is 3. The summed E-state index contributed by atoms with van der Waals surface area (Å²) in [6.07, 6.45) is 0.480. The van der Waals surface area contributed by atoms with E-state index in [1.54, 1.807) is 7.11 Å². The van der Waals surface area contributed by atoms with Gasteiger partial charge in [0, 0.05) is 26.8 Å². The van der Waals surface area contributed by atoms with Crippen LogP contribution in [-0.4, -0.2) is 51.0 Å². The number of hydrogen-bond donors (Lipinski definition) is 0. The molecule has 1 aliphatic rings. The van der Waals surface area contributed by atoms with E-state index in [1.165, 1.54) is 0 Å². The lowest BCUT2D eigenvalue weighted by molar-refractivity contribution is -0.158. The molecule has 106 valence electrons. The van der Waals surface area contributed by atoms with E-state index in [1.807, 2.05) is 27.7 Å². The minimum Gasteiger partial charge on any atom is -0.385 e. The molecule has 1 saturated heterocycles. The van der Waals surface area contributed by atoms with E-state index in [-0.39, 0.29) is 6.10 Å². The van der Waals surface area contributed by atoms with E-state index >= 15 is 0 Å². The second-order valence-electron chi connectivity index (χ2n) is 3.28. The van der Waals surface area contributed by atoms with Gasteiger partial charge >= 0.3 is 6.61 Å². The van der Waals surface area contributed by atoms with Crippen molar-refractivity contribution in [2.24, 2.45) is 0 Å². The number of alkyl halides is 2. The molecule has 3 nitrogen and oxygen atoms in total. The number of nitrogens with zero attached hydrogens (tertiary/aromatic N) is 1. The molecule has 5 heteroatoms. The Balaban J connectivity index is 0. The molecule has 0 aromatic rings. The molecule has 0 aromatic carbocycles. The van der Waals surface area contributed by atoms with Crippen LogP contribution in [0.3, 0.4) is 0 Å². The first-order valence-electron chi connectivity index (χ1n) is 6.28. The minimum absolute atomic E-state index is 0.255. The third-order valence-electron chi connectivity index (χ3n) is 2.26. The highest BCUT2D eigenvalue weighted by molar-refractivity contribution is 4.74. The fraction of sp³-hybridized carbons (Fsp3) is 1.00. The van der Waals surface area contributed by atoms with Crippen LogP contribution < -0.4 is 0 Å². The minimum atomic E-state index is -2.61. The van der Waals surface area contributed by atoms with E-state index in [2.05, 4.69) is 14.4 Å². The van der Waals surface area contributed by atoms with Gasteiger partial charge in [0.1, 0.15) is 0 Å². The van der Waals surface area contributed by atoms with Crippen LogP contribution in [0.15, 0.2) is 0 Å².